The monoisotopic (exact) mass is 404 g/mol. The molecule has 30 heavy (non-hydrogen) atoms. The minimum absolute atomic E-state index is 0.0657. The molecule has 2 aliphatic heterocycles. The molecule has 1 aromatic heterocycles. The van der Waals surface area contributed by atoms with Crippen LogP contribution in [-0.2, 0) is 13.0 Å². The fraction of sp³-hybridized carbons (Fsp3) is 0.440. The van der Waals surface area contributed by atoms with E-state index < -0.39 is 0 Å². The van der Waals surface area contributed by atoms with Gasteiger partial charge in [-0.2, -0.15) is 5.10 Å². The van der Waals surface area contributed by atoms with Crippen LogP contribution in [0.1, 0.15) is 54.7 Å². The van der Waals surface area contributed by atoms with Crippen LogP contribution in [0.25, 0.3) is 5.57 Å². The van der Waals surface area contributed by atoms with Crippen molar-refractivity contribution < 1.29 is 14.3 Å². The lowest BCUT2D eigenvalue weighted by molar-refractivity contribution is 0.0927. The van der Waals surface area contributed by atoms with Gasteiger partial charge in [-0.15, -0.1) is 0 Å². The number of carbonyl (C=O) groups is 1. The third-order valence-corrected chi connectivity index (χ3v) is 6.18. The van der Waals surface area contributed by atoms with E-state index in [1.54, 1.807) is 6.07 Å². The van der Waals surface area contributed by atoms with Crippen LogP contribution in [0, 0.1) is 11.8 Å². The van der Waals surface area contributed by atoms with Gasteiger partial charge in [0.25, 0.3) is 0 Å². The maximum atomic E-state index is 12.8. The zero-order valence-corrected chi connectivity index (χ0v) is 17.6. The predicted octanol–water partition coefficient (Wildman–Crippen LogP) is 4.86. The summed E-state index contributed by atoms with van der Waals surface area (Å²) in [4.78, 5) is 12.8. The van der Waals surface area contributed by atoms with Gasteiger partial charge in [0, 0.05) is 18.4 Å². The van der Waals surface area contributed by atoms with Gasteiger partial charge < -0.3 is 9.47 Å². The highest BCUT2D eigenvalue weighted by atomic mass is 16.5. The van der Waals surface area contributed by atoms with Crippen LogP contribution < -0.4 is 9.47 Å². The molecule has 1 aromatic carbocycles. The number of fused-ring (bicyclic) bond motifs is 2. The lowest BCUT2D eigenvalue weighted by Crippen LogP contribution is -2.24. The first-order valence-electron chi connectivity index (χ1n) is 11.0. The Bertz CT molecular complexity index is 1010. The Labute approximate surface area is 177 Å². The highest BCUT2D eigenvalue weighted by molar-refractivity contribution is 5.94. The van der Waals surface area contributed by atoms with Crippen molar-refractivity contribution in [1.29, 1.82) is 0 Å². The van der Waals surface area contributed by atoms with E-state index in [0.717, 1.165) is 37.4 Å². The summed E-state index contributed by atoms with van der Waals surface area (Å²) in [6, 6.07) is 8.20. The van der Waals surface area contributed by atoms with Crippen LogP contribution in [-0.4, -0.2) is 28.3 Å². The van der Waals surface area contributed by atoms with Crippen molar-refractivity contribution in [1.82, 2.24) is 9.78 Å². The summed E-state index contributed by atoms with van der Waals surface area (Å²) in [6.07, 6.45) is 10.2. The molecule has 5 heteroatoms. The van der Waals surface area contributed by atoms with Crippen molar-refractivity contribution in [3.8, 4) is 11.6 Å². The van der Waals surface area contributed by atoms with Gasteiger partial charge in [0.2, 0.25) is 5.88 Å². The summed E-state index contributed by atoms with van der Waals surface area (Å²) in [5, 5.41) is 4.49. The largest absolute Gasteiger partial charge is 0.493 e. The number of benzene rings is 1. The Kier molecular flexibility index (Phi) is 4.97. The number of hydrogen-bond donors (Lipinski definition) is 0. The third-order valence-electron chi connectivity index (χ3n) is 6.18. The van der Waals surface area contributed by atoms with Gasteiger partial charge in [-0.25, -0.2) is 4.68 Å². The summed E-state index contributed by atoms with van der Waals surface area (Å²) in [7, 11) is 0. The molecule has 3 atom stereocenters. The van der Waals surface area contributed by atoms with Gasteiger partial charge in [-0.3, -0.25) is 4.79 Å². The number of nitrogens with zero attached hydrogens (tertiary/aromatic N) is 2. The second-order valence-corrected chi connectivity index (χ2v) is 8.75. The number of ether oxygens (including phenoxy) is 2. The third kappa shape index (κ3) is 3.69. The molecule has 1 aliphatic carbocycles. The van der Waals surface area contributed by atoms with Gasteiger partial charge in [0.05, 0.1) is 13.2 Å². The zero-order valence-electron chi connectivity index (χ0n) is 17.6. The maximum absolute atomic E-state index is 12.8. The van der Waals surface area contributed by atoms with Crippen LogP contribution in [0.2, 0.25) is 0 Å². The van der Waals surface area contributed by atoms with Crippen LogP contribution >= 0.6 is 0 Å². The lowest BCUT2D eigenvalue weighted by Gasteiger charge is -2.25. The Morgan fingerprint density at radius 2 is 2.20 bits per heavy atom. The van der Waals surface area contributed by atoms with E-state index >= 15 is 0 Å². The molecule has 0 spiro atoms. The quantitative estimate of drug-likeness (QED) is 0.646. The predicted molar refractivity (Wildman–Crippen MR) is 116 cm³/mol. The van der Waals surface area contributed by atoms with Gasteiger partial charge in [-0.05, 0) is 47.6 Å². The normalized spacial score (nSPS) is 24.1. The Hall–Kier alpha value is -2.82. The number of hydrogen-bond acceptors (Lipinski definition) is 4. The molecule has 3 heterocycles. The molecular weight excluding hydrogens is 376 g/mol. The first kappa shape index (κ1) is 19.2. The maximum Gasteiger partial charge on any atom is 0.212 e. The van der Waals surface area contributed by atoms with Crippen molar-refractivity contribution >= 4 is 11.4 Å². The van der Waals surface area contributed by atoms with Crippen molar-refractivity contribution in [2.75, 3.05) is 6.61 Å². The topological polar surface area (TPSA) is 53.4 Å². The van der Waals surface area contributed by atoms with E-state index in [-0.39, 0.29) is 17.8 Å². The second kappa shape index (κ2) is 7.78. The highest BCUT2D eigenvalue weighted by Gasteiger charge is 2.28. The Morgan fingerprint density at radius 3 is 2.97 bits per heavy atom. The first-order valence-corrected chi connectivity index (χ1v) is 11.0. The van der Waals surface area contributed by atoms with E-state index in [2.05, 4.69) is 55.4 Å². The molecule has 0 bridgehead atoms. The molecule has 0 fully saturated rings. The van der Waals surface area contributed by atoms with Crippen molar-refractivity contribution in [2.45, 2.75) is 52.2 Å². The fourth-order valence-corrected chi connectivity index (χ4v) is 4.61. The van der Waals surface area contributed by atoms with Gasteiger partial charge in [-0.1, -0.05) is 44.6 Å². The van der Waals surface area contributed by atoms with E-state index in [9.17, 15) is 4.79 Å². The van der Waals surface area contributed by atoms with E-state index in [1.165, 1.54) is 16.7 Å². The van der Waals surface area contributed by atoms with E-state index in [4.69, 9.17) is 9.47 Å². The minimum atomic E-state index is 0.0657. The molecule has 5 rings (SSSR count). The van der Waals surface area contributed by atoms with E-state index in [0.29, 0.717) is 24.6 Å². The molecule has 0 saturated carbocycles. The standard InChI is InChI=1S/C25H28N2O3/c1-3-4-21-14-27-25(30-21)13-22(26-27)23(28)11-17-10-20-12-19(7-8-24(20)29-15-17)18-6-5-16(2)9-18/h5-9,12-13,16-17,21H,3-4,10-11,14-15H2,1-2H3. The number of carbonyl (C=O) groups excluding carboxylic acids is 1. The molecule has 2 aromatic rings. The zero-order chi connectivity index (χ0) is 20.7. The lowest BCUT2D eigenvalue weighted by atomic mass is 9.90. The number of ketones is 1. The summed E-state index contributed by atoms with van der Waals surface area (Å²) in [6.45, 7) is 5.64. The molecule has 0 amide bonds. The Balaban J connectivity index is 1.25. The highest BCUT2D eigenvalue weighted by Crippen LogP contribution is 2.34. The van der Waals surface area contributed by atoms with Gasteiger partial charge in [0.15, 0.2) is 5.78 Å². The molecule has 0 saturated heterocycles. The summed E-state index contributed by atoms with van der Waals surface area (Å²) in [5.74, 6) is 2.37. The Morgan fingerprint density at radius 1 is 1.30 bits per heavy atom. The molecule has 5 nitrogen and oxygen atoms in total. The summed E-state index contributed by atoms with van der Waals surface area (Å²) >= 11 is 0. The number of allylic oxidation sites excluding steroid dienone is 4. The average Bonchev–Trinajstić information content (AvgIpc) is 3.42. The number of rotatable bonds is 6. The summed E-state index contributed by atoms with van der Waals surface area (Å²) < 4.78 is 13.7. The summed E-state index contributed by atoms with van der Waals surface area (Å²) in [5.41, 5.74) is 4.17. The molecule has 3 aliphatic rings. The SMILES string of the molecule is CCCC1Cn2nc(C(=O)CC3COc4ccc(C5=CC(C)C=C5)cc4C3)cc2O1. The van der Waals surface area contributed by atoms with Gasteiger partial charge in [0.1, 0.15) is 17.5 Å². The van der Waals surface area contributed by atoms with Gasteiger partial charge >= 0.3 is 0 Å². The molecule has 0 radical (unpaired) electrons. The van der Waals surface area contributed by atoms with Crippen LogP contribution in [0.15, 0.2) is 42.5 Å². The number of aromatic nitrogens is 2. The van der Waals surface area contributed by atoms with Crippen LogP contribution in [0.4, 0.5) is 0 Å². The van der Waals surface area contributed by atoms with Crippen molar-refractivity contribution in [3.05, 3.63) is 59.3 Å². The first-order chi connectivity index (χ1) is 14.6. The molecular formula is C25H28N2O3. The molecule has 3 unspecified atom stereocenters. The van der Waals surface area contributed by atoms with E-state index in [1.807, 2.05) is 4.68 Å². The van der Waals surface area contributed by atoms with Crippen LogP contribution in [0.5, 0.6) is 11.6 Å². The molecule has 156 valence electrons. The second-order valence-electron chi connectivity index (χ2n) is 8.75. The average molecular weight is 405 g/mol. The van der Waals surface area contributed by atoms with Crippen LogP contribution in [0.3, 0.4) is 0 Å². The fourth-order valence-electron chi connectivity index (χ4n) is 4.61. The van der Waals surface area contributed by atoms with Crippen molar-refractivity contribution in [2.24, 2.45) is 11.8 Å². The molecule has 0 N–H and O–H groups in total. The van der Waals surface area contributed by atoms with Crippen molar-refractivity contribution in [3.63, 3.8) is 0 Å². The smallest absolute Gasteiger partial charge is 0.212 e. The number of Topliss-reactive ketones (excluding diaryl/α,β-unsaturated/α-hetero) is 1. The minimum Gasteiger partial charge on any atom is -0.493 e.